The number of rotatable bonds is 6. The Morgan fingerprint density at radius 2 is 1.88 bits per heavy atom. The molecule has 1 aromatic carbocycles. The molecule has 0 radical (unpaired) electrons. The molecule has 3 aromatic rings. The second kappa shape index (κ2) is 9.88. The van der Waals surface area contributed by atoms with Crippen molar-refractivity contribution in [1.29, 1.82) is 0 Å². The average molecular weight is 450 g/mol. The van der Waals surface area contributed by atoms with Gasteiger partial charge in [0.05, 0.1) is 24.1 Å². The molecule has 1 atom stereocenters. The van der Waals surface area contributed by atoms with Crippen molar-refractivity contribution in [2.45, 2.75) is 13.0 Å². The first-order valence-corrected chi connectivity index (χ1v) is 10.8. The summed E-state index contributed by atoms with van der Waals surface area (Å²) < 4.78 is 1.63. The lowest BCUT2D eigenvalue weighted by Crippen LogP contribution is -2.46. The first kappa shape index (κ1) is 22.6. The Hall–Kier alpha value is -3.63. The van der Waals surface area contributed by atoms with Gasteiger partial charge in [-0.1, -0.05) is 12.1 Å². The Kier molecular flexibility index (Phi) is 6.76. The van der Waals surface area contributed by atoms with Gasteiger partial charge in [-0.15, -0.1) is 0 Å². The first-order chi connectivity index (χ1) is 15.9. The molecule has 0 bridgehead atoms. The standard InChI is InChI=1S/C23H27N7O3/c1-15(14-31)26-22(32)20-11-19(27-21(28-20)18-12-25-29(2)13-18)16-3-5-17(6-4-16)23(33)30-9-7-24-8-10-30/h3-6,11-13,15,24,31H,7-10,14H2,1-2H3,(H,26,32)/t15-/m0/s1. The van der Waals surface area contributed by atoms with E-state index < -0.39 is 11.9 Å². The minimum Gasteiger partial charge on any atom is -0.394 e. The van der Waals surface area contributed by atoms with Crippen LogP contribution < -0.4 is 10.6 Å². The van der Waals surface area contributed by atoms with E-state index in [9.17, 15) is 14.7 Å². The lowest BCUT2D eigenvalue weighted by atomic mass is 10.1. The highest BCUT2D eigenvalue weighted by Crippen LogP contribution is 2.23. The maximum Gasteiger partial charge on any atom is 0.270 e. The molecule has 10 nitrogen and oxygen atoms in total. The van der Waals surface area contributed by atoms with Gasteiger partial charge in [-0.3, -0.25) is 14.3 Å². The fraction of sp³-hybridized carbons (Fsp3) is 0.348. The number of hydrogen-bond donors (Lipinski definition) is 3. The molecule has 3 heterocycles. The Bertz CT molecular complexity index is 1140. The van der Waals surface area contributed by atoms with Crippen LogP contribution in [0.5, 0.6) is 0 Å². The molecule has 2 amide bonds. The molecule has 1 aliphatic heterocycles. The maximum absolute atomic E-state index is 12.8. The van der Waals surface area contributed by atoms with E-state index in [-0.39, 0.29) is 18.2 Å². The number of hydrogen-bond acceptors (Lipinski definition) is 7. The number of aliphatic hydroxyl groups excluding tert-OH is 1. The van der Waals surface area contributed by atoms with Gasteiger partial charge < -0.3 is 20.6 Å². The summed E-state index contributed by atoms with van der Waals surface area (Å²) in [5.41, 5.74) is 2.77. The molecule has 1 saturated heterocycles. The van der Waals surface area contributed by atoms with Crippen LogP contribution in [0.25, 0.3) is 22.6 Å². The third kappa shape index (κ3) is 5.24. The predicted octanol–water partition coefficient (Wildman–Crippen LogP) is 0.700. The maximum atomic E-state index is 12.8. The minimum atomic E-state index is -0.409. The normalized spacial score (nSPS) is 14.7. The van der Waals surface area contributed by atoms with Crippen LogP contribution >= 0.6 is 0 Å². The van der Waals surface area contributed by atoms with Crippen molar-refractivity contribution in [3.8, 4) is 22.6 Å². The van der Waals surface area contributed by atoms with Gasteiger partial charge in [0.2, 0.25) is 0 Å². The molecule has 0 spiro atoms. The second-order valence-corrected chi connectivity index (χ2v) is 8.04. The summed E-state index contributed by atoms with van der Waals surface area (Å²) in [5.74, 6) is -0.0425. The number of benzene rings is 1. The molecule has 4 rings (SSSR count). The SMILES string of the molecule is C[C@@H](CO)NC(=O)c1cc(-c2ccc(C(=O)N3CCNCC3)cc2)nc(-c2cnn(C)c2)n1. The van der Waals surface area contributed by atoms with Crippen molar-refractivity contribution in [3.63, 3.8) is 0 Å². The lowest BCUT2D eigenvalue weighted by molar-refractivity contribution is 0.0735. The van der Waals surface area contributed by atoms with E-state index in [0.717, 1.165) is 18.7 Å². The van der Waals surface area contributed by atoms with E-state index in [1.54, 1.807) is 49.2 Å². The van der Waals surface area contributed by atoms with E-state index in [1.165, 1.54) is 0 Å². The lowest BCUT2D eigenvalue weighted by Gasteiger charge is -2.27. The van der Waals surface area contributed by atoms with E-state index in [2.05, 4.69) is 25.7 Å². The number of aliphatic hydroxyl groups is 1. The van der Waals surface area contributed by atoms with Crippen molar-refractivity contribution >= 4 is 11.8 Å². The third-order valence-electron chi connectivity index (χ3n) is 5.41. The van der Waals surface area contributed by atoms with Crippen LogP contribution in [0.1, 0.15) is 27.8 Å². The van der Waals surface area contributed by atoms with Crippen molar-refractivity contribution in [1.82, 2.24) is 35.3 Å². The van der Waals surface area contributed by atoms with Crippen LogP contribution in [-0.4, -0.2) is 80.4 Å². The Morgan fingerprint density at radius 3 is 2.52 bits per heavy atom. The zero-order valence-electron chi connectivity index (χ0n) is 18.7. The van der Waals surface area contributed by atoms with Gasteiger partial charge in [0, 0.05) is 56.6 Å². The van der Waals surface area contributed by atoms with Gasteiger partial charge in [0.1, 0.15) is 5.69 Å². The molecule has 10 heteroatoms. The Morgan fingerprint density at radius 1 is 1.15 bits per heavy atom. The first-order valence-electron chi connectivity index (χ1n) is 10.8. The van der Waals surface area contributed by atoms with Crippen LogP contribution in [0.4, 0.5) is 0 Å². The van der Waals surface area contributed by atoms with Gasteiger partial charge >= 0.3 is 0 Å². The summed E-state index contributed by atoms with van der Waals surface area (Å²) in [5, 5.41) is 19.4. The minimum absolute atomic E-state index is 0.000144. The van der Waals surface area contributed by atoms with E-state index >= 15 is 0 Å². The Balaban J connectivity index is 1.66. The average Bonchev–Trinajstić information content (AvgIpc) is 3.30. The van der Waals surface area contributed by atoms with Gasteiger partial charge in [0.25, 0.3) is 11.8 Å². The zero-order valence-corrected chi connectivity index (χ0v) is 18.7. The highest BCUT2D eigenvalue weighted by atomic mass is 16.3. The molecule has 1 aliphatic rings. The number of nitrogens with one attached hydrogen (secondary N) is 2. The fourth-order valence-corrected chi connectivity index (χ4v) is 3.55. The number of piperazine rings is 1. The summed E-state index contributed by atoms with van der Waals surface area (Å²) in [6, 6.07) is 8.39. The number of aromatic nitrogens is 4. The molecule has 0 aliphatic carbocycles. The largest absolute Gasteiger partial charge is 0.394 e. The molecule has 33 heavy (non-hydrogen) atoms. The summed E-state index contributed by atoms with van der Waals surface area (Å²) in [4.78, 5) is 36.4. The van der Waals surface area contributed by atoms with E-state index in [0.29, 0.717) is 35.7 Å². The van der Waals surface area contributed by atoms with Crippen molar-refractivity contribution in [2.75, 3.05) is 32.8 Å². The molecule has 3 N–H and O–H groups in total. The zero-order chi connectivity index (χ0) is 23.4. The van der Waals surface area contributed by atoms with Crippen LogP contribution in [-0.2, 0) is 7.05 Å². The molecule has 2 aromatic heterocycles. The molecular weight excluding hydrogens is 422 g/mol. The Labute approximate surface area is 191 Å². The summed E-state index contributed by atoms with van der Waals surface area (Å²) >= 11 is 0. The van der Waals surface area contributed by atoms with Crippen molar-refractivity contribution in [3.05, 3.63) is 54.0 Å². The van der Waals surface area contributed by atoms with E-state index in [1.807, 2.05) is 17.0 Å². The number of aryl methyl sites for hydroxylation is 1. The van der Waals surface area contributed by atoms with Gasteiger partial charge in [-0.25, -0.2) is 9.97 Å². The highest BCUT2D eigenvalue weighted by molar-refractivity contribution is 5.95. The predicted molar refractivity (Wildman–Crippen MR) is 122 cm³/mol. The number of nitrogens with zero attached hydrogens (tertiary/aromatic N) is 5. The number of amides is 2. The molecular formula is C23H27N7O3. The molecule has 172 valence electrons. The highest BCUT2D eigenvalue weighted by Gasteiger charge is 2.19. The van der Waals surface area contributed by atoms with Crippen LogP contribution in [0.2, 0.25) is 0 Å². The molecule has 0 unspecified atom stereocenters. The fourth-order valence-electron chi connectivity index (χ4n) is 3.55. The summed E-state index contributed by atoms with van der Waals surface area (Å²) in [6.45, 7) is 4.48. The van der Waals surface area contributed by atoms with Crippen LogP contribution in [0.15, 0.2) is 42.7 Å². The molecule has 0 saturated carbocycles. The van der Waals surface area contributed by atoms with Crippen LogP contribution in [0, 0.1) is 0 Å². The van der Waals surface area contributed by atoms with E-state index in [4.69, 9.17) is 0 Å². The summed E-state index contributed by atoms with van der Waals surface area (Å²) in [6.07, 6.45) is 3.40. The van der Waals surface area contributed by atoms with Crippen molar-refractivity contribution in [2.24, 2.45) is 7.05 Å². The smallest absolute Gasteiger partial charge is 0.270 e. The van der Waals surface area contributed by atoms with Gasteiger partial charge in [-0.05, 0) is 25.1 Å². The van der Waals surface area contributed by atoms with Crippen molar-refractivity contribution < 1.29 is 14.7 Å². The summed E-state index contributed by atoms with van der Waals surface area (Å²) in [7, 11) is 1.79. The van der Waals surface area contributed by atoms with Crippen LogP contribution in [0.3, 0.4) is 0 Å². The second-order valence-electron chi connectivity index (χ2n) is 8.04. The van der Waals surface area contributed by atoms with Gasteiger partial charge in [-0.2, -0.15) is 5.10 Å². The topological polar surface area (TPSA) is 125 Å². The third-order valence-corrected chi connectivity index (χ3v) is 5.41. The monoisotopic (exact) mass is 449 g/mol. The number of carbonyl (C=O) groups excluding carboxylic acids is 2. The quantitative estimate of drug-likeness (QED) is 0.506. The number of carbonyl (C=O) groups is 2. The van der Waals surface area contributed by atoms with Gasteiger partial charge in [0.15, 0.2) is 5.82 Å². The molecule has 1 fully saturated rings.